The fourth-order valence-electron chi connectivity index (χ4n) is 2.38. The van der Waals surface area contributed by atoms with Crippen molar-refractivity contribution in [2.45, 2.75) is 64.7 Å². The van der Waals surface area contributed by atoms with Crippen molar-refractivity contribution in [1.29, 1.82) is 0 Å². The lowest BCUT2D eigenvalue weighted by molar-refractivity contribution is -0.117. The summed E-state index contributed by atoms with van der Waals surface area (Å²) in [7, 11) is 0. The molecule has 20 heavy (non-hydrogen) atoms. The van der Waals surface area contributed by atoms with Crippen LogP contribution in [0.15, 0.2) is 12.4 Å². The maximum Gasteiger partial charge on any atom is 0.130 e. The molecule has 0 aromatic carbocycles. The highest BCUT2D eigenvalue weighted by atomic mass is 16.2. The molecular weight excluding hydrogens is 252 g/mol. The predicted octanol–water partition coefficient (Wildman–Crippen LogP) is 3.18. The molecule has 0 aliphatic carbocycles. The average Bonchev–Trinajstić information content (AvgIpc) is 2.42. The molecule has 1 aromatic heterocycles. The largest absolute Gasteiger partial charge is 0.396 e. The lowest BCUT2D eigenvalue weighted by atomic mass is 9.90. The molecule has 1 heterocycles. The van der Waals surface area contributed by atoms with Crippen molar-refractivity contribution < 1.29 is 9.90 Å². The summed E-state index contributed by atoms with van der Waals surface area (Å²) in [5, 5.41) is 8.73. The van der Waals surface area contributed by atoms with Gasteiger partial charge in [0.25, 0.3) is 0 Å². The monoisotopic (exact) mass is 278 g/mol. The highest BCUT2D eigenvalue weighted by molar-refractivity contribution is 5.76. The number of aliphatic hydroxyl groups excluding tert-OH is 1. The number of aryl methyl sites for hydroxylation is 1. The van der Waals surface area contributed by atoms with Gasteiger partial charge < -0.3 is 9.90 Å². The smallest absolute Gasteiger partial charge is 0.130 e. The van der Waals surface area contributed by atoms with Crippen LogP contribution in [0.2, 0.25) is 0 Å². The topological polar surface area (TPSA) is 63.1 Å². The number of nitrogens with zero attached hydrogens (tertiary/aromatic N) is 2. The number of carbonyl (C=O) groups is 1. The van der Waals surface area contributed by atoms with E-state index in [2.05, 4.69) is 9.97 Å². The first kappa shape index (κ1) is 16.8. The van der Waals surface area contributed by atoms with Crippen molar-refractivity contribution in [3.63, 3.8) is 0 Å². The Bertz CT molecular complexity index is 390. The third kappa shape index (κ3) is 6.75. The summed E-state index contributed by atoms with van der Waals surface area (Å²) in [6.07, 6.45) is 10.7. The molecule has 0 fully saturated rings. The highest BCUT2D eigenvalue weighted by Crippen LogP contribution is 2.25. The van der Waals surface area contributed by atoms with Crippen LogP contribution in [-0.2, 0) is 4.79 Å². The van der Waals surface area contributed by atoms with E-state index in [1.54, 1.807) is 6.92 Å². The van der Waals surface area contributed by atoms with Gasteiger partial charge in [-0.25, -0.2) is 9.97 Å². The van der Waals surface area contributed by atoms with E-state index in [0.29, 0.717) is 6.42 Å². The van der Waals surface area contributed by atoms with Crippen molar-refractivity contribution in [2.24, 2.45) is 0 Å². The second-order valence-electron chi connectivity index (χ2n) is 5.45. The Hall–Kier alpha value is -1.29. The van der Waals surface area contributed by atoms with Crippen LogP contribution >= 0.6 is 0 Å². The van der Waals surface area contributed by atoms with Gasteiger partial charge in [-0.1, -0.05) is 25.7 Å². The van der Waals surface area contributed by atoms with Gasteiger partial charge in [0, 0.05) is 25.4 Å². The van der Waals surface area contributed by atoms with Crippen molar-refractivity contribution in [3.8, 4) is 0 Å². The Morgan fingerprint density at radius 1 is 1.15 bits per heavy atom. The molecule has 1 unspecified atom stereocenters. The summed E-state index contributed by atoms with van der Waals surface area (Å²) in [5.74, 6) is 1.22. The molecule has 1 atom stereocenters. The second-order valence-corrected chi connectivity index (χ2v) is 5.45. The van der Waals surface area contributed by atoms with Crippen LogP contribution in [0.1, 0.15) is 69.2 Å². The van der Waals surface area contributed by atoms with E-state index in [1.807, 2.05) is 19.3 Å². The number of aromatic nitrogens is 2. The standard InChI is InChI=1S/C16H26N2O2/c1-13(20)10-15(8-6-4-3-5-7-9-19)16-11-17-14(2)18-12-16/h11-12,15,19H,3-10H2,1-2H3. The summed E-state index contributed by atoms with van der Waals surface area (Å²) < 4.78 is 0. The zero-order valence-electron chi connectivity index (χ0n) is 12.6. The molecule has 112 valence electrons. The second kappa shape index (κ2) is 9.59. The van der Waals surface area contributed by atoms with Crippen LogP contribution in [-0.4, -0.2) is 27.5 Å². The van der Waals surface area contributed by atoms with E-state index in [9.17, 15) is 4.79 Å². The quantitative estimate of drug-likeness (QED) is 0.668. The summed E-state index contributed by atoms with van der Waals surface area (Å²) >= 11 is 0. The van der Waals surface area contributed by atoms with Crippen LogP contribution in [0.4, 0.5) is 0 Å². The molecule has 0 radical (unpaired) electrons. The zero-order chi connectivity index (χ0) is 14.8. The molecule has 4 nitrogen and oxygen atoms in total. The Labute approximate surface area is 121 Å². The number of hydrogen-bond donors (Lipinski definition) is 1. The van der Waals surface area contributed by atoms with Gasteiger partial charge >= 0.3 is 0 Å². The molecule has 4 heteroatoms. The minimum Gasteiger partial charge on any atom is -0.396 e. The number of carbonyl (C=O) groups excluding carboxylic acids is 1. The molecule has 1 aromatic rings. The Morgan fingerprint density at radius 3 is 2.35 bits per heavy atom. The number of aliphatic hydroxyl groups is 1. The minimum absolute atomic E-state index is 0.218. The highest BCUT2D eigenvalue weighted by Gasteiger charge is 2.14. The minimum atomic E-state index is 0.218. The van der Waals surface area contributed by atoms with Gasteiger partial charge in [0.1, 0.15) is 11.6 Å². The van der Waals surface area contributed by atoms with Crippen LogP contribution in [0.3, 0.4) is 0 Å². The lowest BCUT2D eigenvalue weighted by Crippen LogP contribution is -2.06. The number of unbranched alkanes of at least 4 members (excludes halogenated alkanes) is 4. The maximum absolute atomic E-state index is 11.4. The summed E-state index contributed by atoms with van der Waals surface area (Å²) in [4.78, 5) is 19.9. The number of ketones is 1. The normalized spacial score (nSPS) is 12.3. The SMILES string of the molecule is CC(=O)CC(CCCCCCCO)c1cnc(C)nc1. The van der Waals surface area contributed by atoms with Crippen LogP contribution < -0.4 is 0 Å². The molecule has 0 saturated heterocycles. The van der Waals surface area contributed by atoms with E-state index < -0.39 is 0 Å². The fourth-order valence-corrected chi connectivity index (χ4v) is 2.38. The van der Waals surface area contributed by atoms with Gasteiger partial charge in [0.05, 0.1) is 0 Å². The summed E-state index contributed by atoms with van der Waals surface area (Å²) in [5.41, 5.74) is 1.07. The molecule has 0 amide bonds. The molecule has 0 aliphatic rings. The van der Waals surface area contributed by atoms with E-state index in [0.717, 1.165) is 49.9 Å². The van der Waals surface area contributed by atoms with Crippen molar-refractivity contribution in [1.82, 2.24) is 9.97 Å². The van der Waals surface area contributed by atoms with Crippen molar-refractivity contribution in [2.75, 3.05) is 6.61 Å². The maximum atomic E-state index is 11.4. The van der Waals surface area contributed by atoms with Gasteiger partial charge in [-0.15, -0.1) is 0 Å². The van der Waals surface area contributed by atoms with Crippen LogP contribution in [0.5, 0.6) is 0 Å². The van der Waals surface area contributed by atoms with Crippen LogP contribution in [0, 0.1) is 6.92 Å². The van der Waals surface area contributed by atoms with Gasteiger partial charge in [-0.2, -0.15) is 0 Å². The van der Waals surface area contributed by atoms with Gasteiger partial charge in [0.15, 0.2) is 0 Å². The Balaban J connectivity index is 2.44. The van der Waals surface area contributed by atoms with Crippen molar-refractivity contribution in [3.05, 3.63) is 23.8 Å². The molecule has 1 N–H and O–H groups in total. The molecule has 1 rings (SSSR count). The molecule has 0 saturated carbocycles. The fraction of sp³-hybridized carbons (Fsp3) is 0.688. The Morgan fingerprint density at radius 2 is 1.75 bits per heavy atom. The van der Waals surface area contributed by atoms with E-state index >= 15 is 0 Å². The van der Waals surface area contributed by atoms with E-state index in [4.69, 9.17) is 5.11 Å². The molecule has 0 aliphatic heterocycles. The zero-order valence-corrected chi connectivity index (χ0v) is 12.6. The van der Waals surface area contributed by atoms with Gasteiger partial charge in [0.2, 0.25) is 0 Å². The first-order valence-corrected chi connectivity index (χ1v) is 7.52. The van der Waals surface area contributed by atoms with Gasteiger partial charge in [-0.3, -0.25) is 0 Å². The first-order chi connectivity index (χ1) is 9.63. The Kier molecular flexibility index (Phi) is 8.04. The number of hydrogen-bond acceptors (Lipinski definition) is 4. The summed E-state index contributed by atoms with van der Waals surface area (Å²) in [6.45, 7) is 3.79. The van der Waals surface area contributed by atoms with Gasteiger partial charge in [-0.05, 0) is 38.2 Å². The molecule has 0 bridgehead atoms. The number of Topliss-reactive ketones (excluding diaryl/α,β-unsaturated/α-hetero) is 1. The molecule has 0 spiro atoms. The predicted molar refractivity (Wildman–Crippen MR) is 79.6 cm³/mol. The number of rotatable bonds is 10. The summed E-state index contributed by atoms with van der Waals surface area (Å²) in [6, 6.07) is 0. The third-order valence-electron chi connectivity index (χ3n) is 3.52. The average molecular weight is 278 g/mol. The van der Waals surface area contributed by atoms with Crippen molar-refractivity contribution >= 4 is 5.78 Å². The molecular formula is C16H26N2O2. The van der Waals surface area contributed by atoms with E-state index in [1.165, 1.54) is 0 Å². The van der Waals surface area contributed by atoms with Crippen LogP contribution in [0.25, 0.3) is 0 Å². The first-order valence-electron chi connectivity index (χ1n) is 7.52. The third-order valence-corrected chi connectivity index (χ3v) is 3.52. The van der Waals surface area contributed by atoms with E-state index in [-0.39, 0.29) is 18.3 Å². The lowest BCUT2D eigenvalue weighted by Gasteiger charge is -2.15.